The molecule has 0 saturated carbocycles. The van der Waals surface area contributed by atoms with E-state index in [0.717, 1.165) is 0 Å². The lowest BCUT2D eigenvalue weighted by Gasteiger charge is -2.16. The summed E-state index contributed by atoms with van der Waals surface area (Å²) in [6.07, 6.45) is 3.28. The average Bonchev–Trinajstić information content (AvgIpc) is 2.03. The number of halogens is 1. The van der Waals surface area contributed by atoms with Gasteiger partial charge in [0.2, 0.25) is 0 Å². The van der Waals surface area contributed by atoms with Crippen LogP contribution in [0.5, 0.6) is 0 Å². The van der Waals surface area contributed by atoms with Crippen LogP contribution in [0.4, 0.5) is 4.53 Å². The highest BCUT2D eigenvalue weighted by molar-refractivity contribution is 5.72. The van der Waals surface area contributed by atoms with Crippen LogP contribution in [0.15, 0.2) is 12.2 Å². The Bertz CT molecular complexity index is 179. The minimum atomic E-state index is -0.895. The van der Waals surface area contributed by atoms with Gasteiger partial charge in [-0.15, -0.1) is 0 Å². The third kappa shape index (κ3) is 2.01. The van der Waals surface area contributed by atoms with Crippen LogP contribution in [0.2, 0.25) is 0 Å². The molecule has 0 aromatic heterocycles. The van der Waals surface area contributed by atoms with Crippen LogP contribution in [0, 0.1) is 5.92 Å². The molecule has 0 amide bonds. The van der Waals surface area contributed by atoms with Crippen LogP contribution < -0.4 is 0 Å². The van der Waals surface area contributed by atoms with Crippen molar-refractivity contribution >= 4 is 5.97 Å². The van der Waals surface area contributed by atoms with Crippen LogP contribution in [0.25, 0.3) is 0 Å². The molecule has 0 heterocycles. The largest absolute Gasteiger partial charge is 0.389 e. The second kappa shape index (κ2) is 3.48. The maximum atomic E-state index is 11.3. The zero-order valence-electron chi connectivity index (χ0n) is 5.87. The topological polar surface area (TPSA) is 46.5 Å². The summed E-state index contributed by atoms with van der Waals surface area (Å²) < 4.78 is 11.3. The van der Waals surface area contributed by atoms with Gasteiger partial charge in [0.15, 0.2) is 0 Å². The molecule has 0 radical (unpaired) electrons. The summed E-state index contributed by atoms with van der Waals surface area (Å²) in [5, 5.41) is 9.01. The predicted octanol–water partition coefficient (Wildman–Crippen LogP) is 0.741. The van der Waals surface area contributed by atoms with Gasteiger partial charge in [0, 0.05) is 4.53 Å². The van der Waals surface area contributed by atoms with Crippen LogP contribution >= 0.6 is 0 Å². The van der Waals surface area contributed by atoms with Gasteiger partial charge in [-0.2, -0.15) is 0 Å². The molecule has 2 atom stereocenters. The summed E-state index contributed by atoms with van der Waals surface area (Å²) in [6.45, 7) is 0. The van der Waals surface area contributed by atoms with Crippen molar-refractivity contribution < 1.29 is 19.4 Å². The van der Waals surface area contributed by atoms with Gasteiger partial charge in [-0.1, -0.05) is 12.2 Å². The van der Waals surface area contributed by atoms with E-state index in [-0.39, 0.29) is 6.42 Å². The number of hydrogen-bond acceptors (Lipinski definition) is 3. The molecule has 0 aromatic carbocycles. The summed E-state index contributed by atoms with van der Waals surface area (Å²) in [6, 6.07) is 0. The van der Waals surface area contributed by atoms with E-state index in [9.17, 15) is 9.32 Å². The summed E-state index contributed by atoms with van der Waals surface area (Å²) in [5.41, 5.74) is 0. The maximum Gasteiger partial charge on any atom is 0.352 e. The van der Waals surface area contributed by atoms with Crippen molar-refractivity contribution in [1.29, 1.82) is 0 Å². The molecular weight excluding hydrogens is 151 g/mol. The summed E-state index contributed by atoms with van der Waals surface area (Å²) >= 11 is 0. The highest BCUT2D eigenvalue weighted by atomic mass is 19.3. The van der Waals surface area contributed by atoms with Gasteiger partial charge in [-0.3, -0.25) is 4.94 Å². The number of rotatable bonds is 1. The smallest absolute Gasteiger partial charge is 0.352 e. The van der Waals surface area contributed by atoms with Crippen LogP contribution in [-0.4, -0.2) is 17.2 Å². The number of carbonyl (C=O) groups excluding carboxylic acids is 1. The molecule has 0 spiro atoms. The Kier molecular flexibility index (Phi) is 2.59. The SMILES string of the molecule is O=C(OF)[C@H]1CC=C[C@@H](O)C1. The third-order valence-electron chi connectivity index (χ3n) is 1.71. The van der Waals surface area contributed by atoms with Crippen LogP contribution in [-0.2, 0) is 9.74 Å². The molecule has 1 N–H and O–H groups in total. The van der Waals surface area contributed by atoms with Crippen LogP contribution in [0.3, 0.4) is 0 Å². The van der Waals surface area contributed by atoms with Gasteiger partial charge in [0.05, 0.1) is 12.0 Å². The van der Waals surface area contributed by atoms with Crippen molar-refractivity contribution in [2.75, 3.05) is 0 Å². The molecule has 4 heteroatoms. The molecule has 0 aliphatic heterocycles. The maximum absolute atomic E-state index is 11.3. The van der Waals surface area contributed by atoms with Gasteiger partial charge >= 0.3 is 5.97 Å². The minimum Gasteiger partial charge on any atom is -0.389 e. The van der Waals surface area contributed by atoms with E-state index >= 15 is 0 Å². The lowest BCUT2D eigenvalue weighted by atomic mass is 9.93. The first-order chi connectivity index (χ1) is 5.24. The molecule has 0 aromatic rings. The first-order valence-electron chi connectivity index (χ1n) is 3.41. The van der Waals surface area contributed by atoms with Crippen molar-refractivity contribution in [2.45, 2.75) is 18.9 Å². The van der Waals surface area contributed by atoms with Gasteiger partial charge < -0.3 is 5.11 Å². The molecule has 0 saturated heterocycles. The molecule has 11 heavy (non-hydrogen) atoms. The monoisotopic (exact) mass is 160 g/mol. The second-order valence-corrected chi connectivity index (χ2v) is 2.56. The van der Waals surface area contributed by atoms with E-state index < -0.39 is 18.0 Å². The zero-order chi connectivity index (χ0) is 8.27. The van der Waals surface area contributed by atoms with Crippen molar-refractivity contribution in [3.63, 3.8) is 0 Å². The number of hydrogen-bond donors (Lipinski definition) is 1. The number of aliphatic hydroxyl groups excluding tert-OH is 1. The normalized spacial score (nSPS) is 30.0. The van der Waals surface area contributed by atoms with E-state index in [1.165, 1.54) is 0 Å². The average molecular weight is 160 g/mol. The molecule has 0 bridgehead atoms. The standard InChI is InChI=1S/C7H9FO3/c8-11-7(10)5-2-1-3-6(9)4-5/h1,3,5-6,9H,2,4H2/t5-,6+/m0/s1. The van der Waals surface area contributed by atoms with Crippen LogP contribution in [0.1, 0.15) is 12.8 Å². The van der Waals surface area contributed by atoms with E-state index in [0.29, 0.717) is 6.42 Å². The Balaban J connectivity index is 2.49. The first-order valence-corrected chi connectivity index (χ1v) is 3.41. The summed E-state index contributed by atoms with van der Waals surface area (Å²) in [7, 11) is 0. The Morgan fingerprint density at radius 1 is 1.73 bits per heavy atom. The Morgan fingerprint density at radius 2 is 2.45 bits per heavy atom. The molecule has 0 fully saturated rings. The van der Waals surface area contributed by atoms with E-state index in [1.54, 1.807) is 12.2 Å². The molecule has 1 rings (SSSR count). The summed E-state index contributed by atoms with van der Waals surface area (Å²) in [4.78, 5) is 13.6. The fraction of sp³-hybridized carbons (Fsp3) is 0.571. The first kappa shape index (κ1) is 8.20. The summed E-state index contributed by atoms with van der Waals surface area (Å²) in [5.74, 6) is -1.42. The fourth-order valence-corrected chi connectivity index (χ4v) is 1.12. The molecular formula is C7H9FO3. The third-order valence-corrected chi connectivity index (χ3v) is 1.71. The molecule has 0 unspecified atom stereocenters. The Morgan fingerprint density at radius 3 is 3.00 bits per heavy atom. The van der Waals surface area contributed by atoms with Gasteiger partial charge in [-0.05, 0) is 12.8 Å². The molecule has 1 aliphatic carbocycles. The Hall–Kier alpha value is -0.900. The Labute approximate surface area is 63.4 Å². The number of aliphatic hydroxyl groups is 1. The highest BCUT2D eigenvalue weighted by Gasteiger charge is 2.24. The van der Waals surface area contributed by atoms with Gasteiger partial charge in [-0.25, -0.2) is 4.79 Å². The van der Waals surface area contributed by atoms with Gasteiger partial charge in [0.1, 0.15) is 0 Å². The fourth-order valence-electron chi connectivity index (χ4n) is 1.12. The quantitative estimate of drug-likeness (QED) is 0.575. The minimum absolute atomic E-state index is 0.249. The van der Waals surface area contributed by atoms with Crippen molar-refractivity contribution in [3.8, 4) is 0 Å². The van der Waals surface area contributed by atoms with E-state index in [2.05, 4.69) is 4.94 Å². The number of carbonyl (C=O) groups is 1. The lowest BCUT2D eigenvalue weighted by Crippen LogP contribution is -2.22. The van der Waals surface area contributed by atoms with E-state index in [4.69, 9.17) is 5.11 Å². The molecule has 3 nitrogen and oxygen atoms in total. The lowest BCUT2D eigenvalue weighted by molar-refractivity contribution is -0.190. The highest BCUT2D eigenvalue weighted by Crippen LogP contribution is 2.19. The zero-order valence-corrected chi connectivity index (χ0v) is 5.87. The van der Waals surface area contributed by atoms with Gasteiger partial charge in [0.25, 0.3) is 0 Å². The predicted molar refractivity (Wildman–Crippen MR) is 35.1 cm³/mol. The van der Waals surface area contributed by atoms with Crippen molar-refractivity contribution in [1.82, 2.24) is 0 Å². The van der Waals surface area contributed by atoms with E-state index in [1.807, 2.05) is 0 Å². The molecule has 1 aliphatic rings. The number of allylic oxidation sites excluding steroid dienone is 1. The van der Waals surface area contributed by atoms with Crippen molar-refractivity contribution in [3.05, 3.63) is 12.2 Å². The van der Waals surface area contributed by atoms with Crippen molar-refractivity contribution in [2.24, 2.45) is 5.92 Å². The molecule has 62 valence electrons. The second-order valence-electron chi connectivity index (χ2n) is 2.56.